The molecule has 0 spiro atoms. The SMILES string of the molecule is Cc1c(C(=O)NC2CCOCC2)cc(-c2ccc([S+]([O-])NC(C)(C)C)c(OC(F)F)c2)n1CC1CCCCC1. The van der Waals surface area contributed by atoms with Crippen molar-refractivity contribution in [3.05, 3.63) is 35.5 Å². The van der Waals surface area contributed by atoms with Crippen LogP contribution in [0.2, 0.25) is 0 Å². The van der Waals surface area contributed by atoms with Crippen molar-refractivity contribution in [2.75, 3.05) is 13.2 Å². The number of nitrogens with one attached hydrogen (secondary N) is 2. The number of carbonyl (C=O) groups is 1. The van der Waals surface area contributed by atoms with Crippen LogP contribution in [-0.4, -0.2) is 46.4 Å². The molecule has 216 valence electrons. The molecule has 4 rings (SSSR count). The zero-order valence-electron chi connectivity index (χ0n) is 23.4. The summed E-state index contributed by atoms with van der Waals surface area (Å²) in [6.45, 7) is 6.42. The Balaban J connectivity index is 1.71. The Morgan fingerprint density at radius 2 is 1.85 bits per heavy atom. The van der Waals surface area contributed by atoms with Crippen molar-refractivity contribution < 1.29 is 27.6 Å². The lowest BCUT2D eigenvalue weighted by Crippen LogP contribution is -2.40. The van der Waals surface area contributed by atoms with Gasteiger partial charge in [-0.1, -0.05) is 19.3 Å². The quantitative estimate of drug-likeness (QED) is 0.366. The minimum atomic E-state index is -3.07. The number of benzene rings is 1. The Morgan fingerprint density at radius 1 is 1.15 bits per heavy atom. The second-order valence-electron chi connectivity index (χ2n) is 11.7. The fraction of sp³-hybridized carbons (Fsp3) is 0.621. The van der Waals surface area contributed by atoms with Crippen LogP contribution in [0.3, 0.4) is 0 Å². The molecule has 1 aromatic heterocycles. The highest BCUT2D eigenvalue weighted by Crippen LogP contribution is 2.36. The normalized spacial score (nSPS) is 18.4. The molecule has 2 aromatic rings. The van der Waals surface area contributed by atoms with Gasteiger partial charge in [-0.2, -0.15) is 8.78 Å². The maximum absolute atomic E-state index is 13.4. The van der Waals surface area contributed by atoms with Crippen LogP contribution in [0, 0.1) is 12.8 Å². The third-order valence-corrected chi connectivity index (χ3v) is 8.92. The highest BCUT2D eigenvalue weighted by molar-refractivity contribution is 7.89. The summed E-state index contributed by atoms with van der Waals surface area (Å²) in [5, 5.41) is 3.15. The van der Waals surface area contributed by atoms with Crippen LogP contribution in [0.15, 0.2) is 29.2 Å². The summed E-state index contributed by atoms with van der Waals surface area (Å²) in [6, 6.07) is 6.75. The largest absolute Gasteiger partial charge is 0.593 e. The van der Waals surface area contributed by atoms with Gasteiger partial charge in [0.15, 0.2) is 5.75 Å². The number of aromatic nitrogens is 1. The summed E-state index contributed by atoms with van der Waals surface area (Å²) in [5.41, 5.74) is 2.32. The Kier molecular flexibility index (Phi) is 9.96. The zero-order chi connectivity index (χ0) is 28.2. The van der Waals surface area contributed by atoms with Crippen LogP contribution in [0.4, 0.5) is 8.78 Å². The third kappa shape index (κ3) is 7.96. The first kappa shape index (κ1) is 29.8. The summed E-state index contributed by atoms with van der Waals surface area (Å²) in [5.74, 6) is 0.197. The molecular formula is C29H41F2N3O4S. The minimum absolute atomic E-state index is 0.0615. The van der Waals surface area contributed by atoms with Crippen molar-refractivity contribution in [1.29, 1.82) is 0 Å². The van der Waals surface area contributed by atoms with E-state index in [-0.39, 0.29) is 22.6 Å². The number of carbonyl (C=O) groups excluding carboxylic acids is 1. The molecular weight excluding hydrogens is 524 g/mol. The second-order valence-corrected chi connectivity index (χ2v) is 12.8. The number of nitrogens with zero attached hydrogens (tertiary/aromatic N) is 1. The van der Waals surface area contributed by atoms with E-state index in [1.165, 1.54) is 25.3 Å². The minimum Gasteiger partial charge on any atom is -0.593 e. The van der Waals surface area contributed by atoms with Gasteiger partial charge in [-0.05, 0) is 83.6 Å². The van der Waals surface area contributed by atoms with E-state index in [9.17, 15) is 18.1 Å². The van der Waals surface area contributed by atoms with Gasteiger partial charge in [-0.25, -0.2) is 0 Å². The monoisotopic (exact) mass is 565 g/mol. The smallest absolute Gasteiger partial charge is 0.387 e. The maximum Gasteiger partial charge on any atom is 0.387 e. The predicted octanol–water partition coefficient (Wildman–Crippen LogP) is 5.96. The van der Waals surface area contributed by atoms with Gasteiger partial charge in [0.2, 0.25) is 4.90 Å². The molecule has 7 nitrogen and oxygen atoms in total. The summed E-state index contributed by atoms with van der Waals surface area (Å²) >= 11 is -1.76. The number of halogens is 2. The molecule has 1 saturated carbocycles. The summed E-state index contributed by atoms with van der Waals surface area (Å²) in [4.78, 5) is 13.5. The van der Waals surface area contributed by atoms with Crippen LogP contribution in [-0.2, 0) is 22.6 Å². The predicted molar refractivity (Wildman–Crippen MR) is 148 cm³/mol. The summed E-state index contributed by atoms with van der Waals surface area (Å²) in [6.07, 6.45) is 7.40. The molecule has 1 atom stereocenters. The van der Waals surface area contributed by atoms with Gasteiger partial charge < -0.3 is 23.9 Å². The van der Waals surface area contributed by atoms with E-state index in [1.807, 2.05) is 33.8 Å². The van der Waals surface area contributed by atoms with Gasteiger partial charge in [0.1, 0.15) is 0 Å². The number of alkyl halides is 2. The number of hydrogen-bond acceptors (Lipinski definition) is 5. The van der Waals surface area contributed by atoms with E-state index in [4.69, 9.17) is 9.47 Å². The fourth-order valence-electron chi connectivity index (χ4n) is 5.42. The van der Waals surface area contributed by atoms with Gasteiger partial charge >= 0.3 is 6.61 Å². The number of rotatable bonds is 9. The van der Waals surface area contributed by atoms with Gasteiger partial charge in [0.05, 0.1) is 22.5 Å². The highest BCUT2D eigenvalue weighted by Gasteiger charge is 2.28. The lowest BCUT2D eigenvalue weighted by Gasteiger charge is -2.25. The molecule has 1 aliphatic heterocycles. The summed E-state index contributed by atoms with van der Waals surface area (Å²) in [7, 11) is 0. The number of hydrogen-bond donors (Lipinski definition) is 2. The Bertz CT molecular complexity index is 1120. The fourth-order valence-corrected chi connectivity index (χ4v) is 6.57. The van der Waals surface area contributed by atoms with Crippen molar-refractivity contribution in [1.82, 2.24) is 14.6 Å². The molecule has 1 unspecified atom stereocenters. The van der Waals surface area contributed by atoms with E-state index >= 15 is 0 Å². The van der Waals surface area contributed by atoms with Crippen LogP contribution in [0.5, 0.6) is 5.75 Å². The lowest BCUT2D eigenvalue weighted by atomic mass is 9.89. The summed E-state index contributed by atoms with van der Waals surface area (Å²) < 4.78 is 55.1. The van der Waals surface area contributed by atoms with Crippen LogP contribution < -0.4 is 14.8 Å². The van der Waals surface area contributed by atoms with Gasteiger partial charge in [-0.3, -0.25) is 4.79 Å². The van der Waals surface area contributed by atoms with Crippen LogP contribution in [0.1, 0.15) is 81.8 Å². The standard InChI is InChI=1S/C29H41F2N3O4S/c1-19-23(27(35)32-22-12-14-37-15-13-22)17-24(34(19)18-20-8-6-5-7-9-20)21-10-11-26(25(16-21)38-28(30)31)39(36)33-29(2,3)4/h10-11,16-17,20,22,28,33H,5-9,12-15,18H2,1-4H3,(H,32,35). The van der Waals surface area contributed by atoms with Crippen LogP contribution >= 0.6 is 0 Å². The van der Waals surface area contributed by atoms with E-state index < -0.39 is 23.5 Å². The Hall–Kier alpha value is -2.14. The Labute approximate surface area is 233 Å². The molecule has 2 fully saturated rings. The molecule has 39 heavy (non-hydrogen) atoms. The molecule has 0 radical (unpaired) electrons. The average Bonchev–Trinajstić information content (AvgIpc) is 3.19. The van der Waals surface area contributed by atoms with Gasteiger partial charge in [0, 0.05) is 42.8 Å². The topological polar surface area (TPSA) is 87.6 Å². The van der Waals surface area contributed by atoms with E-state index in [0.717, 1.165) is 43.6 Å². The zero-order valence-corrected chi connectivity index (χ0v) is 24.2. The van der Waals surface area contributed by atoms with Crippen molar-refractivity contribution in [2.45, 2.75) is 102 Å². The van der Waals surface area contributed by atoms with Gasteiger partial charge in [-0.15, -0.1) is 4.72 Å². The van der Waals surface area contributed by atoms with E-state index in [2.05, 4.69) is 14.6 Å². The number of amides is 1. The molecule has 1 aromatic carbocycles. The molecule has 1 aliphatic carbocycles. The molecule has 0 bridgehead atoms. The molecule has 10 heteroatoms. The first-order chi connectivity index (χ1) is 18.5. The molecule has 1 amide bonds. The molecule has 2 aliphatic rings. The van der Waals surface area contributed by atoms with Crippen molar-refractivity contribution in [3.8, 4) is 17.0 Å². The molecule has 2 N–H and O–H groups in total. The van der Waals surface area contributed by atoms with Crippen molar-refractivity contribution in [3.63, 3.8) is 0 Å². The second kappa shape index (κ2) is 13.0. The first-order valence-corrected chi connectivity index (χ1v) is 15.0. The maximum atomic E-state index is 13.4. The lowest BCUT2D eigenvalue weighted by molar-refractivity contribution is -0.0517. The number of ether oxygens (including phenoxy) is 2. The van der Waals surface area contributed by atoms with Crippen molar-refractivity contribution >= 4 is 17.3 Å². The highest BCUT2D eigenvalue weighted by atomic mass is 32.2. The third-order valence-electron chi connectivity index (χ3n) is 7.39. The van der Waals surface area contributed by atoms with Crippen molar-refractivity contribution in [2.24, 2.45) is 5.92 Å². The average molecular weight is 566 g/mol. The first-order valence-electron chi connectivity index (χ1n) is 13.9. The van der Waals surface area contributed by atoms with E-state index in [1.54, 1.807) is 12.1 Å². The van der Waals surface area contributed by atoms with Gasteiger partial charge in [0.25, 0.3) is 5.91 Å². The Morgan fingerprint density at radius 3 is 2.49 bits per heavy atom. The van der Waals surface area contributed by atoms with Crippen LogP contribution in [0.25, 0.3) is 11.3 Å². The molecule has 2 heterocycles. The molecule has 1 saturated heterocycles. The van der Waals surface area contributed by atoms with E-state index in [0.29, 0.717) is 30.3 Å².